The average molecular weight is 271 g/mol. The summed E-state index contributed by atoms with van der Waals surface area (Å²) >= 11 is 0. The van der Waals surface area contributed by atoms with Crippen LogP contribution in [0.25, 0.3) is 0 Å². The predicted molar refractivity (Wildman–Crippen MR) is 81.3 cm³/mol. The van der Waals surface area contributed by atoms with E-state index in [0.717, 1.165) is 24.6 Å². The molecule has 20 heavy (non-hydrogen) atoms. The normalized spacial score (nSPS) is 10.3. The van der Waals surface area contributed by atoms with Crippen LogP contribution in [0.4, 0.5) is 0 Å². The van der Waals surface area contributed by atoms with Gasteiger partial charge < -0.3 is 14.8 Å². The maximum absolute atomic E-state index is 5.38. The largest absolute Gasteiger partial charge is 0.497 e. The molecule has 0 saturated heterocycles. The summed E-state index contributed by atoms with van der Waals surface area (Å²) in [4.78, 5) is 0. The number of ether oxygens (including phenoxy) is 2. The summed E-state index contributed by atoms with van der Waals surface area (Å²) in [5.41, 5.74) is 3.66. The average Bonchev–Trinajstić information content (AvgIpc) is 2.48. The molecule has 2 aromatic carbocycles. The Balaban J connectivity index is 1.93. The van der Waals surface area contributed by atoms with Gasteiger partial charge in [0.1, 0.15) is 11.5 Å². The van der Waals surface area contributed by atoms with Crippen LogP contribution >= 0.6 is 0 Å². The van der Waals surface area contributed by atoms with Gasteiger partial charge in [-0.1, -0.05) is 29.8 Å². The first-order valence-electron chi connectivity index (χ1n) is 6.70. The van der Waals surface area contributed by atoms with Crippen molar-refractivity contribution in [3.05, 3.63) is 59.2 Å². The molecule has 0 bridgehead atoms. The Morgan fingerprint density at radius 3 is 2.30 bits per heavy atom. The summed E-state index contributed by atoms with van der Waals surface area (Å²) < 4.78 is 10.5. The van der Waals surface area contributed by atoms with Crippen LogP contribution in [0.3, 0.4) is 0 Å². The number of hydrogen-bond acceptors (Lipinski definition) is 3. The molecule has 3 heteroatoms. The van der Waals surface area contributed by atoms with Gasteiger partial charge in [0.05, 0.1) is 14.2 Å². The molecular formula is C17H21NO2. The molecule has 0 atom stereocenters. The van der Waals surface area contributed by atoms with Crippen molar-refractivity contribution >= 4 is 0 Å². The molecule has 0 aliphatic heterocycles. The van der Waals surface area contributed by atoms with Gasteiger partial charge in [-0.2, -0.15) is 0 Å². The van der Waals surface area contributed by atoms with Gasteiger partial charge in [0.2, 0.25) is 0 Å². The maximum Gasteiger partial charge on any atom is 0.123 e. The highest BCUT2D eigenvalue weighted by Crippen LogP contribution is 2.19. The fourth-order valence-electron chi connectivity index (χ4n) is 2.13. The van der Waals surface area contributed by atoms with Gasteiger partial charge in [-0.05, 0) is 30.7 Å². The van der Waals surface area contributed by atoms with Gasteiger partial charge in [-0.15, -0.1) is 0 Å². The molecule has 106 valence electrons. The van der Waals surface area contributed by atoms with Crippen LogP contribution in [0.1, 0.15) is 16.7 Å². The third-order valence-corrected chi connectivity index (χ3v) is 3.24. The van der Waals surface area contributed by atoms with E-state index in [4.69, 9.17) is 9.47 Å². The minimum absolute atomic E-state index is 0.789. The summed E-state index contributed by atoms with van der Waals surface area (Å²) in [5.74, 6) is 1.81. The quantitative estimate of drug-likeness (QED) is 0.874. The summed E-state index contributed by atoms with van der Waals surface area (Å²) in [6.07, 6.45) is 0. The molecule has 0 amide bonds. The molecule has 3 nitrogen and oxygen atoms in total. The topological polar surface area (TPSA) is 30.5 Å². The van der Waals surface area contributed by atoms with Crippen LogP contribution in [0, 0.1) is 6.92 Å². The van der Waals surface area contributed by atoms with Crippen LogP contribution in [0.2, 0.25) is 0 Å². The molecule has 0 spiro atoms. The van der Waals surface area contributed by atoms with E-state index in [0.29, 0.717) is 0 Å². The second-order valence-corrected chi connectivity index (χ2v) is 4.77. The van der Waals surface area contributed by atoms with E-state index in [-0.39, 0.29) is 0 Å². The van der Waals surface area contributed by atoms with Gasteiger partial charge >= 0.3 is 0 Å². The fourth-order valence-corrected chi connectivity index (χ4v) is 2.13. The van der Waals surface area contributed by atoms with Crippen LogP contribution in [0.5, 0.6) is 11.5 Å². The molecular weight excluding hydrogens is 250 g/mol. The second-order valence-electron chi connectivity index (χ2n) is 4.77. The Morgan fingerprint density at radius 2 is 1.65 bits per heavy atom. The van der Waals surface area contributed by atoms with E-state index in [9.17, 15) is 0 Å². The van der Waals surface area contributed by atoms with E-state index in [1.165, 1.54) is 16.7 Å². The Kier molecular flexibility index (Phi) is 5.02. The molecule has 0 aromatic heterocycles. The van der Waals surface area contributed by atoms with Crippen LogP contribution < -0.4 is 14.8 Å². The van der Waals surface area contributed by atoms with Crippen molar-refractivity contribution in [1.29, 1.82) is 0 Å². The molecule has 2 rings (SSSR count). The number of methoxy groups -OCH3 is 2. The van der Waals surface area contributed by atoms with Crippen LogP contribution in [0.15, 0.2) is 42.5 Å². The Labute approximate surface area is 120 Å². The number of nitrogens with one attached hydrogen (secondary N) is 1. The van der Waals surface area contributed by atoms with Gasteiger partial charge in [-0.3, -0.25) is 0 Å². The summed E-state index contributed by atoms with van der Waals surface area (Å²) in [5, 5.41) is 3.44. The van der Waals surface area contributed by atoms with Gasteiger partial charge in [0.25, 0.3) is 0 Å². The Bertz CT molecular complexity index is 549. The van der Waals surface area contributed by atoms with Crippen molar-refractivity contribution in [1.82, 2.24) is 5.32 Å². The van der Waals surface area contributed by atoms with Gasteiger partial charge in [0, 0.05) is 18.7 Å². The molecule has 0 saturated carbocycles. The lowest BCUT2D eigenvalue weighted by atomic mass is 10.1. The monoisotopic (exact) mass is 271 g/mol. The number of benzene rings is 2. The van der Waals surface area contributed by atoms with Crippen LogP contribution in [-0.2, 0) is 13.1 Å². The zero-order valence-corrected chi connectivity index (χ0v) is 12.3. The molecule has 2 aromatic rings. The predicted octanol–water partition coefficient (Wildman–Crippen LogP) is 3.30. The van der Waals surface area contributed by atoms with Crippen molar-refractivity contribution in [3.8, 4) is 11.5 Å². The van der Waals surface area contributed by atoms with Crippen molar-refractivity contribution in [3.63, 3.8) is 0 Å². The molecule has 0 aliphatic carbocycles. The minimum atomic E-state index is 0.789. The fraction of sp³-hybridized carbons (Fsp3) is 0.294. The van der Waals surface area contributed by atoms with Gasteiger partial charge in [-0.25, -0.2) is 0 Å². The van der Waals surface area contributed by atoms with E-state index < -0.39 is 0 Å². The Morgan fingerprint density at radius 1 is 0.900 bits per heavy atom. The third-order valence-electron chi connectivity index (χ3n) is 3.24. The minimum Gasteiger partial charge on any atom is -0.497 e. The lowest BCUT2D eigenvalue weighted by molar-refractivity contribution is 0.407. The SMILES string of the molecule is COc1ccc(CNCc2cc(C)ccc2OC)cc1. The molecule has 0 fully saturated rings. The summed E-state index contributed by atoms with van der Waals surface area (Å²) in [6, 6.07) is 14.3. The summed E-state index contributed by atoms with van der Waals surface area (Å²) in [6.45, 7) is 3.70. The highest BCUT2D eigenvalue weighted by molar-refractivity contribution is 5.36. The molecule has 0 unspecified atom stereocenters. The lowest BCUT2D eigenvalue weighted by Gasteiger charge is -2.11. The zero-order chi connectivity index (χ0) is 14.4. The Hall–Kier alpha value is -2.00. The van der Waals surface area contributed by atoms with Crippen molar-refractivity contribution < 1.29 is 9.47 Å². The van der Waals surface area contributed by atoms with Crippen LogP contribution in [-0.4, -0.2) is 14.2 Å². The zero-order valence-electron chi connectivity index (χ0n) is 12.3. The number of hydrogen-bond donors (Lipinski definition) is 1. The molecule has 0 radical (unpaired) electrons. The van der Waals surface area contributed by atoms with E-state index >= 15 is 0 Å². The first-order valence-corrected chi connectivity index (χ1v) is 6.70. The summed E-state index contributed by atoms with van der Waals surface area (Å²) in [7, 11) is 3.38. The number of rotatable bonds is 6. The second kappa shape index (κ2) is 6.96. The molecule has 0 aliphatic rings. The van der Waals surface area contributed by atoms with Crippen molar-refractivity contribution in [2.24, 2.45) is 0 Å². The molecule has 1 N–H and O–H groups in total. The van der Waals surface area contributed by atoms with Crippen molar-refractivity contribution in [2.75, 3.05) is 14.2 Å². The van der Waals surface area contributed by atoms with E-state index in [2.05, 4.69) is 36.5 Å². The lowest BCUT2D eigenvalue weighted by Crippen LogP contribution is -2.13. The first kappa shape index (κ1) is 14.4. The molecule has 0 heterocycles. The highest BCUT2D eigenvalue weighted by atomic mass is 16.5. The van der Waals surface area contributed by atoms with E-state index in [1.54, 1.807) is 14.2 Å². The standard InChI is InChI=1S/C17H21NO2/c1-13-4-9-17(20-3)15(10-13)12-18-11-14-5-7-16(19-2)8-6-14/h4-10,18H,11-12H2,1-3H3. The number of aryl methyl sites for hydroxylation is 1. The smallest absolute Gasteiger partial charge is 0.123 e. The third kappa shape index (κ3) is 3.75. The van der Waals surface area contributed by atoms with E-state index in [1.807, 2.05) is 18.2 Å². The first-order chi connectivity index (χ1) is 9.72. The highest BCUT2D eigenvalue weighted by Gasteiger charge is 2.03. The van der Waals surface area contributed by atoms with Crippen molar-refractivity contribution in [2.45, 2.75) is 20.0 Å². The van der Waals surface area contributed by atoms with Gasteiger partial charge in [0.15, 0.2) is 0 Å². The maximum atomic E-state index is 5.38.